The maximum atomic E-state index is 12.9. The van der Waals surface area contributed by atoms with E-state index in [1.165, 1.54) is 5.56 Å². The predicted molar refractivity (Wildman–Crippen MR) is 109 cm³/mol. The van der Waals surface area contributed by atoms with E-state index in [9.17, 15) is 19.5 Å². The number of nitrogens with zero attached hydrogens (tertiary/aromatic N) is 4. The highest BCUT2D eigenvalue weighted by molar-refractivity contribution is 5.90. The molecular weight excluding hydrogens is 384 g/mol. The molecule has 2 aromatic rings. The SMILES string of the molecule is CN1C[C@H](C(=O)N2CCc3c(c(C(=O)O)nn3CCCc3ccccc3)C2)CC1=O. The first-order valence-corrected chi connectivity index (χ1v) is 10.3. The highest BCUT2D eigenvalue weighted by atomic mass is 16.4. The van der Waals surface area contributed by atoms with Crippen molar-refractivity contribution in [2.24, 2.45) is 5.92 Å². The third-order valence-corrected chi connectivity index (χ3v) is 6.02. The van der Waals surface area contributed by atoms with Gasteiger partial charge < -0.3 is 14.9 Å². The van der Waals surface area contributed by atoms with Crippen molar-refractivity contribution in [2.45, 2.75) is 38.8 Å². The first-order chi connectivity index (χ1) is 14.4. The molecule has 2 amide bonds. The summed E-state index contributed by atoms with van der Waals surface area (Å²) in [5.74, 6) is -1.52. The predicted octanol–water partition coefficient (Wildman–Crippen LogP) is 1.58. The van der Waals surface area contributed by atoms with Gasteiger partial charge in [-0.2, -0.15) is 5.10 Å². The summed E-state index contributed by atoms with van der Waals surface area (Å²) in [5.41, 5.74) is 2.80. The maximum Gasteiger partial charge on any atom is 0.356 e. The van der Waals surface area contributed by atoms with Crippen molar-refractivity contribution in [3.05, 3.63) is 52.8 Å². The van der Waals surface area contributed by atoms with Gasteiger partial charge in [-0.25, -0.2) is 4.79 Å². The van der Waals surface area contributed by atoms with Gasteiger partial charge in [-0.05, 0) is 18.4 Å². The van der Waals surface area contributed by atoms with Crippen LogP contribution in [-0.2, 0) is 35.5 Å². The number of benzene rings is 1. The van der Waals surface area contributed by atoms with Crippen LogP contribution < -0.4 is 0 Å². The number of rotatable bonds is 6. The molecule has 0 radical (unpaired) electrons. The van der Waals surface area contributed by atoms with Crippen molar-refractivity contribution in [3.63, 3.8) is 0 Å². The minimum Gasteiger partial charge on any atom is -0.476 e. The molecule has 0 spiro atoms. The molecule has 2 aliphatic heterocycles. The van der Waals surface area contributed by atoms with Gasteiger partial charge in [0.15, 0.2) is 5.69 Å². The normalized spacial score (nSPS) is 18.6. The molecule has 0 aliphatic carbocycles. The van der Waals surface area contributed by atoms with E-state index in [0.29, 0.717) is 31.6 Å². The second kappa shape index (κ2) is 8.30. The van der Waals surface area contributed by atoms with E-state index in [1.54, 1.807) is 21.5 Å². The fourth-order valence-electron chi connectivity index (χ4n) is 4.40. The van der Waals surface area contributed by atoms with E-state index in [1.807, 2.05) is 18.2 Å². The molecule has 8 nitrogen and oxygen atoms in total. The van der Waals surface area contributed by atoms with Crippen LogP contribution in [0, 0.1) is 5.92 Å². The number of likely N-dealkylation sites (tertiary alicyclic amines) is 1. The molecule has 0 saturated carbocycles. The Bertz CT molecular complexity index is 969. The summed E-state index contributed by atoms with van der Waals surface area (Å²) in [4.78, 5) is 39.7. The van der Waals surface area contributed by atoms with E-state index in [4.69, 9.17) is 0 Å². The van der Waals surface area contributed by atoms with Crippen molar-refractivity contribution in [3.8, 4) is 0 Å². The molecule has 1 aromatic heterocycles. The van der Waals surface area contributed by atoms with Crippen LogP contribution in [0.5, 0.6) is 0 Å². The lowest BCUT2D eigenvalue weighted by molar-refractivity contribution is -0.136. The van der Waals surface area contributed by atoms with E-state index in [0.717, 1.165) is 18.5 Å². The average Bonchev–Trinajstić information content (AvgIpc) is 3.28. The summed E-state index contributed by atoms with van der Waals surface area (Å²) in [6.07, 6.45) is 2.55. The Morgan fingerprint density at radius 2 is 2.00 bits per heavy atom. The van der Waals surface area contributed by atoms with Crippen molar-refractivity contribution < 1.29 is 19.5 Å². The number of aromatic carboxylic acids is 1. The van der Waals surface area contributed by atoms with E-state index < -0.39 is 5.97 Å². The van der Waals surface area contributed by atoms with Crippen LogP contribution in [0.4, 0.5) is 0 Å². The maximum absolute atomic E-state index is 12.9. The molecule has 0 bridgehead atoms. The van der Waals surface area contributed by atoms with Crippen molar-refractivity contribution in [1.82, 2.24) is 19.6 Å². The van der Waals surface area contributed by atoms with Gasteiger partial charge in [0.05, 0.1) is 5.92 Å². The van der Waals surface area contributed by atoms with Gasteiger partial charge in [0.1, 0.15) is 0 Å². The average molecular weight is 410 g/mol. The molecule has 0 unspecified atom stereocenters. The fraction of sp³-hybridized carbons (Fsp3) is 0.455. The standard InChI is InChI=1S/C22H26N4O4/c1-24-13-16(12-19(24)27)21(28)25-11-9-18-17(14-25)20(22(29)30)23-26(18)10-5-8-15-6-3-2-4-7-15/h2-4,6-7,16H,5,8-14H2,1H3,(H,29,30)/t16-/m1/s1. The van der Waals surface area contributed by atoms with E-state index in [-0.39, 0.29) is 36.4 Å². The Hall–Kier alpha value is -3.16. The summed E-state index contributed by atoms with van der Waals surface area (Å²) in [5, 5.41) is 14.0. The number of carbonyl (C=O) groups is 3. The Labute approximate surface area is 175 Å². The molecule has 1 atom stereocenters. The highest BCUT2D eigenvalue weighted by Crippen LogP contribution is 2.27. The van der Waals surface area contributed by atoms with Gasteiger partial charge in [-0.3, -0.25) is 14.3 Å². The van der Waals surface area contributed by atoms with Crippen molar-refractivity contribution in [1.29, 1.82) is 0 Å². The van der Waals surface area contributed by atoms with Gasteiger partial charge in [-0.15, -0.1) is 0 Å². The van der Waals surface area contributed by atoms with Gasteiger partial charge in [0.2, 0.25) is 11.8 Å². The third-order valence-electron chi connectivity index (χ3n) is 6.02. The molecule has 4 rings (SSSR count). The van der Waals surface area contributed by atoms with Crippen molar-refractivity contribution >= 4 is 17.8 Å². The zero-order chi connectivity index (χ0) is 21.3. The van der Waals surface area contributed by atoms with Crippen LogP contribution in [0.1, 0.15) is 40.2 Å². The molecule has 1 aromatic carbocycles. The van der Waals surface area contributed by atoms with Crippen LogP contribution in [0.2, 0.25) is 0 Å². The number of fused-ring (bicyclic) bond motifs is 1. The third kappa shape index (κ3) is 3.94. The summed E-state index contributed by atoms with van der Waals surface area (Å²) < 4.78 is 1.80. The Morgan fingerprint density at radius 3 is 2.67 bits per heavy atom. The first kappa shape index (κ1) is 20.1. The second-order valence-electron chi connectivity index (χ2n) is 8.08. The second-order valence-corrected chi connectivity index (χ2v) is 8.08. The van der Waals surface area contributed by atoms with Crippen LogP contribution >= 0.6 is 0 Å². The number of carboxylic acid groups (broad SMARTS) is 1. The largest absolute Gasteiger partial charge is 0.476 e. The van der Waals surface area contributed by atoms with Crippen LogP contribution in [-0.4, -0.2) is 62.6 Å². The summed E-state index contributed by atoms with van der Waals surface area (Å²) in [6, 6.07) is 10.2. The number of aromatic nitrogens is 2. The lowest BCUT2D eigenvalue weighted by atomic mass is 10.0. The van der Waals surface area contributed by atoms with E-state index in [2.05, 4.69) is 17.2 Å². The number of amides is 2. The number of carboxylic acids is 1. The Morgan fingerprint density at radius 1 is 1.23 bits per heavy atom. The highest BCUT2D eigenvalue weighted by Gasteiger charge is 2.37. The molecule has 158 valence electrons. The quantitative estimate of drug-likeness (QED) is 0.780. The molecule has 30 heavy (non-hydrogen) atoms. The lowest BCUT2D eigenvalue weighted by Crippen LogP contribution is -2.41. The first-order valence-electron chi connectivity index (χ1n) is 10.3. The minimum atomic E-state index is -1.07. The topological polar surface area (TPSA) is 95.7 Å². The molecule has 1 N–H and O–H groups in total. The van der Waals surface area contributed by atoms with Crippen LogP contribution in [0.3, 0.4) is 0 Å². The summed E-state index contributed by atoms with van der Waals surface area (Å²) in [6.45, 7) is 1.82. The minimum absolute atomic E-state index is 0.0245. The smallest absolute Gasteiger partial charge is 0.356 e. The zero-order valence-corrected chi connectivity index (χ0v) is 17.1. The molecular formula is C22H26N4O4. The molecule has 8 heteroatoms. The number of aryl methyl sites for hydroxylation is 2. The van der Waals surface area contributed by atoms with E-state index >= 15 is 0 Å². The number of hydrogen-bond acceptors (Lipinski definition) is 4. The van der Waals surface area contributed by atoms with Crippen LogP contribution in [0.15, 0.2) is 30.3 Å². The van der Waals surface area contributed by atoms with Gasteiger partial charge >= 0.3 is 5.97 Å². The number of hydrogen-bond donors (Lipinski definition) is 1. The lowest BCUT2D eigenvalue weighted by Gasteiger charge is -2.29. The zero-order valence-electron chi connectivity index (χ0n) is 17.1. The summed E-state index contributed by atoms with van der Waals surface area (Å²) >= 11 is 0. The van der Waals surface area contributed by atoms with Gasteiger partial charge in [0.25, 0.3) is 0 Å². The monoisotopic (exact) mass is 410 g/mol. The van der Waals surface area contributed by atoms with Crippen molar-refractivity contribution in [2.75, 3.05) is 20.1 Å². The van der Waals surface area contributed by atoms with Gasteiger partial charge in [0, 0.05) is 57.3 Å². The fourth-order valence-corrected chi connectivity index (χ4v) is 4.40. The Kier molecular flexibility index (Phi) is 5.57. The van der Waals surface area contributed by atoms with Crippen LogP contribution in [0.25, 0.3) is 0 Å². The summed E-state index contributed by atoms with van der Waals surface area (Å²) in [7, 11) is 1.70. The molecule has 1 fully saturated rings. The number of carbonyl (C=O) groups excluding carboxylic acids is 2. The molecule has 2 aliphatic rings. The Balaban J connectivity index is 1.47. The van der Waals surface area contributed by atoms with Gasteiger partial charge in [-0.1, -0.05) is 30.3 Å². The molecule has 3 heterocycles. The molecule has 1 saturated heterocycles.